The lowest BCUT2D eigenvalue weighted by atomic mass is 9.99. The maximum absolute atomic E-state index is 5.62. The summed E-state index contributed by atoms with van der Waals surface area (Å²) in [6.07, 6.45) is 1.05. The quantitative estimate of drug-likeness (QED) is 0.793. The number of nitrogens with one attached hydrogen (secondary N) is 1. The molecule has 1 N–H and O–H groups in total. The molecule has 1 atom stereocenters. The summed E-state index contributed by atoms with van der Waals surface area (Å²) >= 11 is 0. The van der Waals surface area contributed by atoms with Crippen molar-refractivity contribution < 1.29 is 9.47 Å². The van der Waals surface area contributed by atoms with Crippen LogP contribution in [0.25, 0.3) is 0 Å². The molecule has 15 heavy (non-hydrogen) atoms. The largest absolute Gasteiger partial charge is 0.493 e. The summed E-state index contributed by atoms with van der Waals surface area (Å²) in [6.45, 7) is 2.50. The van der Waals surface area contributed by atoms with E-state index in [9.17, 15) is 0 Å². The summed E-state index contributed by atoms with van der Waals surface area (Å²) < 4.78 is 10.8. The van der Waals surface area contributed by atoms with Crippen molar-refractivity contribution in [2.24, 2.45) is 0 Å². The number of ether oxygens (including phenoxy) is 2. The van der Waals surface area contributed by atoms with Crippen molar-refractivity contribution in [3.8, 4) is 5.75 Å². The van der Waals surface area contributed by atoms with Gasteiger partial charge in [0.25, 0.3) is 0 Å². The molecular formula is C12H15NO2. The zero-order valence-electron chi connectivity index (χ0n) is 8.61. The molecule has 3 rings (SSSR count). The van der Waals surface area contributed by atoms with Crippen LogP contribution >= 0.6 is 0 Å². The Morgan fingerprint density at radius 3 is 2.87 bits per heavy atom. The molecule has 0 amide bonds. The second-order valence-corrected chi connectivity index (χ2v) is 4.13. The summed E-state index contributed by atoms with van der Waals surface area (Å²) in [5.74, 6) is 1.03. The second-order valence-electron chi connectivity index (χ2n) is 4.13. The van der Waals surface area contributed by atoms with Crippen LogP contribution in [0.15, 0.2) is 24.3 Å². The number of benzene rings is 1. The monoisotopic (exact) mass is 205 g/mol. The van der Waals surface area contributed by atoms with Gasteiger partial charge in [0.05, 0.1) is 25.9 Å². The molecule has 0 saturated carbocycles. The maximum Gasteiger partial charge on any atom is 0.124 e. The van der Waals surface area contributed by atoms with Crippen LogP contribution in [-0.4, -0.2) is 25.9 Å². The van der Waals surface area contributed by atoms with E-state index in [1.807, 2.05) is 12.1 Å². The summed E-state index contributed by atoms with van der Waals surface area (Å²) in [5, 5.41) is 3.61. The van der Waals surface area contributed by atoms with Crippen LogP contribution in [0.2, 0.25) is 0 Å². The highest BCUT2D eigenvalue weighted by Gasteiger charge is 2.26. The number of para-hydroxylation sites is 1. The lowest BCUT2D eigenvalue weighted by molar-refractivity contribution is -0.0121. The van der Waals surface area contributed by atoms with E-state index in [4.69, 9.17) is 9.47 Å². The van der Waals surface area contributed by atoms with E-state index in [-0.39, 0.29) is 0 Å². The van der Waals surface area contributed by atoms with E-state index in [0.717, 1.165) is 32.0 Å². The van der Waals surface area contributed by atoms with Crippen LogP contribution in [-0.2, 0) is 4.74 Å². The highest BCUT2D eigenvalue weighted by atomic mass is 16.5. The fourth-order valence-electron chi connectivity index (χ4n) is 2.13. The molecule has 0 aromatic heterocycles. The Morgan fingerprint density at radius 2 is 2.07 bits per heavy atom. The van der Waals surface area contributed by atoms with E-state index >= 15 is 0 Å². The van der Waals surface area contributed by atoms with Crippen LogP contribution < -0.4 is 10.1 Å². The first kappa shape index (κ1) is 9.19. The Balaban J connectivity index is 1.79. The molecule has 0 bridgehead atoms. The molecule has 1 aromatic rings. The van der Waals surface area contributed by atoms with Gasteiger partial charge in [-0.05, 0) is 6.07 Å². The minimum Gasteiger partial charge on any atom is -0.493 e. The first-order valence-electron chi connectivity index (χ1n) is 5.49. The Hall–Kier alpha value is -1.06. The molecule has 1 unspecified atom stereocenters. The summed E-state index contributed by atoms with van der Waals surface area (Å²) in [4.78, 5) is 0. The third-order valence-electron chi connectivity index (χ3n) is 3.03. The van der Waals surface area contributed by atoms with Gasteiger partial charge in [0.15, 0.2) is 0 Å². The predicted octanol–water partition coefficient (Wildman–Crippen LogP) is 1.50. The van der Waals surface area contributed by atoms with Crippen molar-refractivity contribution in [2.75, 3.05) is 19.8 Å². The lowest BCUT2D eigenvalue weighted by Crippen LogP contribution is -2.48. The zero-order valence-corrected chi connectivity index (χ0v) is 8.61. The van der Waals surface area contributed by atoms with Gasteiger partial charge in [-0.1, -0.05) is 18.2 Å². The smallest absolute Gasteiger partial charge is 0.124 e. The molecule has 2 aliphatic heterocycles. The molecule has 1 saturated heterocycles. The van der Waals surface area contributed by atoms with Gasteiger partial charge >= 0.3 is 0 Å². The molecule has 2 aliphatic rings. The number of hydrogen-bond acceptors (Lipinski definition) is 3. The zero-order chi connectivity index (χ0) is 10.1. The van der Waals surface area contributed by atoms with E-state index in [1.54, 1.807) is 0 Å². The minimum absolute atomic E-state index is 0.434. The lowest BCUT2D eigenvalue weighted by Gasteiger charge is -2.34. The molecule has 0 radical (unpaired) electrons. The van der Waals surface area contributed by atoms with Crippen molar-refractivity contribution in [3.63, 3.8) is 0 Å². The van der Waals surface area contributed by atoms with E-state index in [1.165, 1.54) is 5.56 Å². The van der Waals surface area contributed by atoms with Gasteiger partial charge in [-0.15, -0.1) is 0 Å². The summed E-state index contributed by atoms with van der Waals surface area (Å²) in [6, 6.07) is 9.24. The van der Waals surface area contributed by atoms with Gasteiger partial charge in [0.2, 0.25) is 0 Å². The average molecular weight is 205 g/mol. The van der Waals surface area contributed by atoms with Gasteiger partial charge in [-0.3, -0.25) is 0 Å². The van der Waals surface area contributed by atoms with Gasteiger partial charge in [0, 0.05) is 18.0 Å². The number of fused-ring (bicyclic) bond motifs is 1. The van der Waals surface area contributed by atoms with Crippen molar-refractivity contribution in [3.05, 3.63) is 29.8 Å². The third kappa shape index (κ3) is 1.73. The van der Waals surface area contributed by atoms with Crippen LogP contribution in [0.5, 0.6) is 5.75 Å². The second kappa shape index (κ2) is 3.83. The predicted molar refractivity (Wildman–Crippen MR) is 57.0 cm³/mol. The van der Waals surface area contributed by atoms with Crippen LogP contribution in [0.1, 0.15) is 18.0 Å². The first-order valence-corrected chi connectivity index (χ1v) is 5.49. The fourth-order valence-corrected chi connectivity index (χ4v) is 2.13. The van der Waals surface area contributed by atoms with Crippen LogP contribution in [0, 0.1) is 0 Å². The van der Waals surface area contributed by atoms with Crippen LogP contribution in [0.4, 0.5) is 0 Å². The van der Waals surface area contributed by atoms with Crippen molar-refractivity contribution in [1.29, 1.82) is 0 Å². The van der Waals surface area contributed by atoms with E-state index in [2.05, 4.69) is 17.4 Å². The normalized spacial score (nSPS) is 25.2. The first-order chi connectivity index (χ1) is 7.43. The van der Waals surface area contributed by atoms with Crippen molar-refractivity contribution >= 4 is 0 Å². The highest BCUT2D eigenvalue weighted by molar-refractivity contribution is 5.37. The topological polar surface area (TPSA) is 30.5 Å². The number of hydrogen-bond donors (Lipinski definition) is 1. The van der Waals surface area contributed by atoms with E-state index in [0.29, 0.717) is 12.1 Å². The van der Waals surface area contributed by atoms with Crippen LogP contribution in [0.3, 0.4) is 0 Å². The maximum atomic E-state index is 5.62. The van der Waals surface area contributed by atoms with Gasteiger partial charge < -0.3 is 14.8 Å². The molecule has 3 nitrogen and oxygen atoms in total. The molecule has 1 fully saturated rings. The third-order valence-corrected chi connectivity index (χ3v) is 3.03. The van der Waals surface area contributed by atoms with Crippen molar-refractivity contribution in [2.45, 2.75) is 18.5 Å². The molecule has 80 valence electrons. The summed E-state index contributed by atoms with van der Waals surface area (Å²) in [5.41, 5.74) is 1.29. The fraction of sp³-hybridized carbons (Fsp3) is 0.500. The Labute approximate surface area is 89.4 Å². The molecule has 2 heterocycles. The van der Waals surface area contributed by atoms with E-state index < -0.39 is 0 Å². The SMILES string of the molecule is c1ccc2c(c1)OCCC2NC1COC1. The summed E-state index contributed by atoms with van der Waals surface area (Å²) in [7, 11) is 0. The Morgan fingerprint density at radius 1 is 1.20 bits per heavy atom. The minimum atomic E-state index is 0.434. The van der Waals surface area contributed by atoms with Gasteiger partial charge in [-0.2, -0.15) is 0 Å². The van der Waals surface area contributed by atoms with Crippen molar-refractivity contribution in [1.82, 2.24) is 5.32 Å². The highest BCUT2D eigenvalue weighted by Crippen LogP contribution is 2.32. The Kier molecular flexibility index (Phi) is 2.35. The molecule has 1 aromatic carbocycles. The van der Waals surface area contributed by atoms with Gasteiger partial charge in [-0.25, -0.2) is 0 Å². The molecular weight excluding hydrogens is 190 g/mol. The standard InChI is InChI=1S/C12H15NO2/c1-2-4-12-10(3-1)11(5-6-15-12)13-9-7-14-8-9/h1-4,9,11,13H,5-8H2. The Bertz CT molecular complexity index is 349. The molecule has 0 spiro atoms. The average Bonchev–Trinajstić information content (AvgIpc) is 2.23. The number of rotatable bonds is 2. The molecule has 0 aliphatic carbocycles. The van der Waals surface area contributed by atoms with Gasteiger partial charge in [0.1, 0.15) is 5.75 Å². The molecule has 3 heteroatoms.